The number of benzene rings is 2. The molecular formula is C13H11BrFNO2S. The molecule has 3 nitrogen and oxygen atoms in total. The van der Waals surface area contributed by atoms with Crippen LogP contribution in [0.4, 0.5) is 10.1 Å². The highest BCUT2D eigenvalue weighted by Crippen LogP contribution is 2.21. The number of hydrogen-bond donors (Lipinski definition) is 1. The van der Waals surface area contributed by atoms with Crippen LogP contribution in [0.25, 0.3) is 0 Å². The molecule has 6 heteroatoms. The summed E-state index contributed by atoms with van der Waals surface area (Å²) in [4.78, 5) is 0.169. The van der Waals surface area contributed by atoms with E-state index in [9.17, 15) is 12.8 Å². The van der Waals surface area contributed by atoms with Gasteiger partial charge >= 0.3 is 0 Å². The highest BCUT2D eigenvalue weighted by Gasteiger charge is 2.16. The molecule has 0 amide bonds. The highest BCUT2D eigenvalue weighted by molar-refractivity contribution is 9.10. The van der Waals surface area contributed by atoms with Gasteiger partial charge in [-0.25, -0.2) is 12.8 Å². The fourth-order valence-corrected chi connectivity index (χ4v) is 3.51. The predicted octanol–water partition coefficient (Wildman–Crippen LogP) is 3.14. The smallest absolute Gasteiger partial charge is 0.182 e. The molecule has 0 aliphatic carbocycles. The van der Waals surface area contributed by atoms with E-state index in [0.717, 1.165) is 0 Å². The van der Waals surface area contributed by atoms with Gasteiger partial charge in [-0.3, -0.25) is 0 Å². The summed E-state index contributed by atoms with van der Waals surface area (Å²) in [5, 5.41) is 0. The van der Waals surface area contributed by atoms with Crippen LogP contribution in [0.2, 0.25) is 0 Å². The molecule has 2 rings (SSSR count). The minimum Gasteiger partial charge on any atom is -0.399 e. The van der Waals surface area contributed by atoms with Gasteiger partial charge in [0.1, 0.15) is 5.82 Å². The van der Waals surface area contributed by atoms with Gasteiger partial charge in [0.25, 0.3) is 0 Å². The van der Waals surface area contributed by atoms with Crippen molar-refractivity contribution < 1.29 is 12.8 Å². The molecule has 2 N–H and O–H groups in total. The SMILES string of the molecule is Nc1ccc(S(=O)(=O)Cc2cc(F)cc(Br)c2)cc1. The number of nitrogens with two attached hydrogens (primary N) is 1. The van der Waals surface area contributed by atoms with Crippen molar-refractivity contribution in [2.24, 2.45) is 0 Å². The van der Waals surface area contributed by atoms with E-state index in [2.05, 4.69) is 15.9 Å². The molecule has 0 aromatic heterocycles. The van der Waals surface area contributed by atoms with E-state index in [4.69, 9.17) is 5.73 Å². The Labute approximate surface area is 119 Å². The van der Waals surface area contributed by atoms with Crippen LogP contribution in [0.1, 0.15) is 5.56 Å². The zero-order valence-corrected chi connectivity index (χ0v) is 12.2. The summed E-state index contributed by atoms with van der Waals surface area (Å²) in [6.45, 7) is 0. The van der Waals surface area contributed by atoms with Crippen LogP contribution in [0, 0.1) is 5.82 Å². The third kappa shape index (κ3) is 3.54. The monoisotopic (exact) mass is 343 g/mol. The lowest BCUT2D eigenvalue weighted by molar-refractivity contribution is 0.594. The molecule has 0 aliphatic rings. The summed E-state index contributed by atoms with van der Waals surface area (Å²) in [5.74, 6) is -0.732. The molecule has 2 aromatic carbocycles. The number of anilines is 1. The minimum absolute atomic E-state index is 0.169. The first kappa shape index (κ1) is 14.0. The maximum absolute atomic E-state index is 13.2. The van der Waals surface area contributed by atoms with Crippen LogP contribution in [0.3, 0.4) is 0 Å². The molecule has 0 atom stereocenters. The first-order valence-electron chi connectivity index (χ1n) is 5.40. The summed E-state index contributed by atoms with van der Waals surface area (Å²) in [5.41, 5.74) is 6.40. The topological polar surface area (TPSA) is 60.2 Å². The van der Waals surface area contributed by atoms with Crippen molar-refractivity contribution in [3.63, 3.8) is 0 Å². The summed E-state index contributed by atoms with van der Waals surface area (Å²) in [6, 6.07) is 10.00. The Balaban J connectivity index is 2.33. The van der Waals surface area contributed by atoms with Gasteiger partial charge in [-0.2, -0.15) is 0 Å². The third-order valence-corrected chi connectivity index (χ3v) is 4.68. The molecule has 0 spiro atoms. The Bertz CT molecular complexity index is 679. The average Bonchev–Trinajstić information content (AvgIpc) is 2.27. The number of hydrogen-bond acceptors (Lipinski definition) is 3. The number of nitrogen functional groups attached to an aromatic ring is 1. The molecule has 0 fully saturated rings. The molecule has 0 radical (unpaired) electrons. The van der Waals surface area contributed by atoms with E-state index in [1.165, 1.54) is 36.4 Å². The first-order chi connectivity index (χ1) is 8.87. The lowest BCUT2D eigenvalue weighted by Crippen LogP contribution is -2.05. The first-order valence-corrected chi connectivity index (χ1v) is 7.85. The van der Waals surface area contributed by atoms with E-state index < -0.39 is 15.7 Å². The summed E-state index contributed by atoms with van der Waals surface area (Å²) in [6.07, 6.45) is 0. The molecule has 0 aliphatic heterocycles. The highest BCUT2D eigenvalue weighted by atomic mass is 79.9. The standard InChI is InChI=1S/C13H11BrFNO2S/c14-10-5-9(6-11(15)7-10)8-19(17,18)13-3-1-12(16)2-4-13/h1-7H,8,16H2. The van der Waals surface area contributed by atoms with Crippen molar-refractivity contribution >= 4 is 31.5 Å². The second-order valence-corrected chi connectivity index (χ2v) is 7.01. The maximum atomic E-state index is 13.2. The Hall–Kier alpha value is -1.40. The summed E-state index contributed by atoms with van der Waals surface area (Å²) in [7, 11) is -3.51. The number of rotatable bonds is 3. The van der Waals surface area contributed by atoms with E-state index in [1.807, 2.05) is 0 Å². The largest absolute Gasteiger partial charge is 0.399 e. The molecule has 0 unspecified atom stereocenters. The Morgan fingerprint density at radius 1 is 1.11 bits per heavy atom. The summed E-state index contributed by atoms with van der Waals surface area (Å²) >= 11 is 3.13. The van der Waals surface area contributed by atoms with Gasteiger partial charge < -0.3 is 5.73 Å². The molecule has 0 heterocycles. The maximum Gasteiger partial charge on any atom is 0.182 e. The molecule has 100 valence electrons. The summed E-state index contributed by atoms with van der Waals surface area (Å²) < 4.78 is 38.0. The van der Waals surface area contributed by atoms with E-state index >= 15 is 0 Å². The molecule has 0 saturated heterocycles. The van der Waals surface area contributed by atoms with E-state index in [0.29, 0.717) is 15.7 Å². The normalized spacial score (nSPS) is 11.5. The second-order valence-electron chi connectivity index (χ2n) is 4.11. The van der Waals surface area contributed by atoms with Crippen LogP contribution in [0.5, 0.6) is 0 Å². The Morgan fingerprint density at radius 3 is 2.32 bits per heavy atom. The van der Waals surface area contributed by atoms with Crippen molar-refractivity contribution in [3.05, 3.63) is 58.3 Å². The van der Waals surface area contributed by atoms with Crippen LogP contribution in [0.15, 0.2) is 51.8 Å². The van der Waals surface area contributed by atoms with Gasteiger partial charge in [0.15, 0.2) is 9.84 Å². The third-order valence-electron chi connectivity index (χ3n) is 2.52. The average molecular weight is 344 g/mol. The minimum atomic E-state index is -3.51. The van der Waals surface area contributed by atoms with Gasteiger partial charge in [0.05, 0.1) is 10.6 Å². The lowest BCUT2D eigenvalue weighted by Gasteiger charge is -2.06. The molecule has 19 heavy (non-hydrogen) atoms. The Morgan fingerprint density at radius 2 is 1.74 bits per heavy atom. The van der Waals surface area contributed by atoms with Crippen molar-refractivity contribution in [2.75, 3.05) is 5.73 Å². The van der Waals surface area contributed by atoms with Crippen LogP contribution in [-0.2, 0) is 15.6 Å². The van der Waals surface area contributed by atoms with Crippen LogP contribution < -0.4 is 5.73 Å². The van der Waals surface area contributed by atoms with E-state index in [-0.39, 0.29) is 10.6 Å². The van der Waals surface area contributed by atoms with Crippen molar-refractivity contribution in [1.29, 1.82) is 0 Å². The molecular weight excluding hydrogens is 333 g/mol. The van der Waals surface area contributed by atoms with Crippen LogP contribution >= 0.6 is 15.9 Å². The van der Waals surface area contributed by atoms with Crippen molar-refractivity contribution in [1.82, 2.24) is 0 Å². The quantitative estimate of drug-likeness (QED) is 0.871. The lowest BCUT2D eigenvalue weighted by atomic mass is 10.2. The molecule has 2 aromatic rings. The molecule has 0 saturated carbocycles. The second kappa shape index (κ2) is 5.30. The number of halogens is 2. The zero-order valence-electron chi connectivity index (χ0n) is 9.81. The van der Waals surface area contributed by atoms with Gasteiger partial charge in [-0.05, 0) is 48.0 Å². The molecule has 0 bridgehead atoms. The van der Waals surface area contributed by atoms with Crippen molar-refractivity contribution in [2.45, 2.75) is 10.6 Å². The predicted molar refractivity (Wildman–Crippen MR) is 75.8 cm³/mol. The van der Waals surface area contributed by atoms with Gasteiger partial charge in [-0.1, -0.05) is 15.9 Å². The van der Waals surface area contributed by atoms with Gasteiger partial charge in [0, 0.05) is 10.2 Å². The van der Waals surface area contributed by atoms with Gasteiger partial charge in [0.2, 0.25) is 0 Å². The number of sulfone groups is 1. The fraction of sp³-hybridized carbons (Fsp3) is 0.0769. The zero-order chi connectivity index (χ0) is 14.0. The van der Waals surface area contributed by atoms with Gasteiger partial charge in [-0.15, -0.1) is 0 Å². The van der Waals surface area contributed by atoms with Crippen LogP contribution in [-0.4, -0.2) is 8.42 Å². The van der Waals surface area contributed by atoms with E-state index in [1.54, 1.807) is 6.07 Å². The fourth-order valence-electron chi connectivity index (χ4n) is 1.67. The Kier molecular flexibility index (Phi) is 3.91. The van der Waals surface area contributed by atoms with Crippen molar-refractivity contribution in [3.8, 4) is 0 Å².